The Kier molecular flexibility index (Phi) is 5.48. The molecule has 3 rings (SSSR count). The molecule has 0 aliphatic rings. The first-order chi connectivity index (χ1) is 13.4. The van der Waals surface area contributed by atoms with Gasteiger partial charge in [0.1, 0.15) is 0 Å². The van der Waals surface area contributed by atoms with Crippen LogP contribution in [0.4, 0.5) is 13.2 Å². The van der Waals surface area contributed by atoms with Crippen LogP contribution in [0.2, 0.25) is 0 Å². The zero-order valence-corrected chi connectivity index (χ0v) is 17.1. The van der Waals surface area contributed by atoms with E-state index >= 15 is 0 Å². The molecule has 5 heteroatoms. The molecule has 29 heavy (non-hydrogen) atoms. The zero-order chi connectivity index (χ0) is 21.4. The molecule has 1 N–H and O–H groups in total. The number of benzene rings is 2. The number of hydrogen-bond acceptors (Lipinski definition) is 2. The summed E-state index contributed by atoms with van der Waals surface area (Å²) in [6.07, 6.45) is -4.24. The van der Waals surface area contributed by atoms with Crippen LogP contribution in [0.15, 0.2) is 54.7 Å². The van der Waals surface area contributed by atoms with Crippen molar-refractivity contribution in [3.8, 4) is 0 Å². The van der Waals surface area contributed by atoms with Gasteiger partial charge in [-0.1, -0.05) is 55.8 Å². The van der Waals surface area contributed by atoms with Gasteiger partial charge in [-0.3, -0.25) is 4.98 Å². The highest BCUT2D eigenvalue weighted by Crippen LogP contribution is 2.44. The number of rotatable bonds is 5. The van der Waals surface area contributed by atoms with E-state index in [1.165, 1.54) is 6.20 Å². The highest BCUT2D eigenvalue weighted by atomic mass is 19.4. The van der Waals surface area contributed by atoms with Crippen molar-refractivity contribution in [1.29, 1.82) is 0 Å². The Labute approximate surface area is 169 Å². The van der Waals surface area contributed by atoms with Crippen molar-refractivity contribution in [2.24, 2.45) is 0 Å². The quantitative estimate of drug-likeness (QED) is 0.564. The number of fused-ring (bicyclic) bond motifs is 1. The number of nitrogens with zero attached hydrogens (tertiary/aromatic N) is 1. The number of halogens is 3. The molecular weight excluding hydrogens is 375 g/mol. The fourth-order valence-corrected chi connectivity index (χ4v) is 4.18. The van der Waals surface area contributed by atoms with Gasteiger partial charge in [0.2, 0.25) is 0 Å². The Morgan fingerprint density at radius 1 is 0.966 bits per heavy atom. The summed E-state index contributed by atoms with van der Waals surface area (Å²) < 4.78 is 42.5. The molecule has 1 heterocycles. The number of alkyl halides is 3. The van der Waals surface area contributed by atoms with Crippen molar-refractivity contribution >= 4 is 10.9 Å². The van der Waals surface area contributed by atoms with E-state index in [0.29, 0.717) is 16.5 Å². The number of para-hydroxylation sites is 1. The summed E-state index contributed by atoms with van der Waals surface area (Å²) in [6, 6.07) is 14.4. The molecule has 2 nitrogen and oxygen atoms in total. The molecule has 0 spiro atoms. The molecule has 2 aromatic carbocycles. The van der Waals surface area contributed by atoms with Crippen LogP contribution in [0.3, 0.4) is 0 Å². The van der Waals surface area contributed by atoms with E-state index in [1.807, 2.05) is 32.0 Å². The summed E-state index contributed by atoms with van der Waals surface area (Å²) in [5, 5.41) is 11.6. The van der Waals surface area contributed by atoms with E-state index in [0.717, 1.165) is 16.7 Å². The number of hydrogen-bond donors (Lipinski definition) is 1. The van der Waals surface area contributed by atoms with Gasteiger partial charge in [0, 0.05) is 18.0 Å². The number of aromatic nitrogens is 1. The lowest BCUT2D eigenvalue weighted by molar-refractivity contribution is -0.266. The van der Waals surface area contributed by atoms with Crippen LogP contribution in [-0.2, 0) is 11.8 Å². The minimum Gasteiger partial charge on any atom is -0.380 e. The lowest BCUT2D eigenvalue weighted by Crippen LogP contribution is -2.51. The van der Waals surface area contributed by atoms with E-state index < -0.39 is 30.0 Å². The average Bonchev–Trinajstić information content (AvgIpc) is 2.62. The van der Waals surface area contributed by atoms with E-state index in [9.17, 15) is 18.3 Å². The molecule has 0 fully saturated rings. The molecule has 154 valence electrons. The molecule has 0 aliphatic heterocycles. The summed E-state index contributed by atoms with van der Waals surface area (Å²) in [4.78, 5) is 4.21. The van der Waals surface area contributed by atoms with E-state index in [4.69, 9.17) is 0 Å². The summed E-state index contributed by atoms with van der Waals surface area (Å²) in [5.41, 5.74) is 0.0316. The molecule has 0 aliphatic carbocycles. The minimum absolute atomic E-state index is 0.437. The van der Waals surface area contributed by atoms with Crippen LogP contribution in [0, 0.1) is 13.8 Å². The normalized spacial score (nSPS) is 14.8. The van der Waals surface area contributed by atoms with Crippen LogP contribution in [-0.4, -0.2) is 21.9 Å². The maximum Gasteiger partial charge on any atom is 0.417 e. The van der Waals surface area contributed by atoms with Gasteiger partial charge in [0.05, 0.1) is 5.52 Å². The molecule has 0 radical (unpaired) electrons. The van der Waals surface area contributed by atoms with Crippen molar-refractivity contribution in [3.63, 3.8) is 0 Å². The molecule has 0 amide bonds. The second-order valence-corrected chi connectivity index (χ2v) is 8.57. The second-order valence-electron chi connectivity index (χ2n) is 8.57. The van der Waals surface area contributed by atoms with Crippen molar-refractivity contribution in [2.75, 3.05) is 0 Å². The highest BCUT2D eigenvalue weighted by molar-refractivity contribution is 5.81. The predicted octanol–water partition coefficient (Wildman–Crippen LogP) is 6.06. The standard InChI is InChI=1S/C24H26F3NO/c1-16-9-10-17(2)20(13-16)22(3,4)15-23(29,24(25,26)27)14-18-11-12-28-21-8-6-5-7-19(18)21/h5-13,29H,14-15H2,1-4H3. The smallest absolute Gasteiger partial charge is 0.380 e. The van der Waals surface area contributed by atoms with Crippen LogP contribution < -0.4 is 0 Å². The van der Waals surface area contributed by atoms with Crippen molar-refractivity contribution < 1.29 is 18.3 Å². The molecule has 0 bridgehead atoms. The first kappa shape index (κ1) is 21.3. The third-order valence-corrected chi connectivity index (χ3v) is 5.61. The molecule has 0 saturated heterocycles. The van der Waals surface area contributed by atoms with Crippen molar-refractivity contribution in [3.05, 3.63) is 77.0 Å². The highest BCUT2D eigenvalue weighted by Gasteiger charge is 2.56. The number of aryl methyl sites for hydroxylation is 2. The minimum atomic E-state index is -4.77. The van der Waals surface area contributed by atoms with Crippen LogP contribution in [0.1, 0.15) is 42.5 Å². The van der Waals surface area contributed by atoms with Gasteiger partial charge in [0.15, 0.2) is 5.60 Å². The van der Waals surface area contributed by atoms with Gasteiger partial charge in [0.25, 0.3) is 0 Å². The fraction of sp³-hybridized carbons (Fsp3) is 0.375. The van der Waals surface area contributed by atoms with E-state index in [1.54, 1.807) is 44.2 Å². The molecular formula is C24H26F3NO. The molecule has 0 saturated carbocycles. The molecule has 1 atom stereocenters. The topological polar surface area (TPSA) is 33.1 Å². The van der Waals surface area contributed by atoms with E-state index in [-0.39, 0.29) is 0 Å². The maximum atomic E-state index is 14.2. The number of pyridine rings is 1. The Bertz CT molecular complexity index is 1020. The summed E-state index contributed by atoms with van der Waals surface area (Å²) in [5.74, 6) is 0. The van der Waals surface area contributed by atoms with Gasteiger partial charge in [-0.25, -0.2) is 0 Å². The van der Waals surface area contributed by atoms with E-state index in [2.05, 4.69) is 4.98 Å². The van der Waals surface area contributed by atoms with Gasteiger partial charge >= 0.3 is 6.18 Å². The van der Waals surface area contributed by atoms with Crippen LogP contribution >= 0.6 is 0 Å². The van der Waals surface area contributed by atoms with Gasteiger partial charge in [-0.15, -0.1) is 0 Å². The summed E-state index contributed by atoms with van der Waals surface area (Å²) >= 11 is 0. The maximum absolute atomic E-state index is 14.2. The van der Waals surface area contributed by atoms with Crippen LogP contribution in [0.5, 0.6) is 0 Å². The molecule has 1 unspecified atom stereocenters. The van der Waals surface area contributed by atoms with Crippen molar-refractivity contribution in [1.82, 2.24) is 4.98 Å². The Balaban J connectivity index is 2.04. The summed E-state index contributed by atoms with van der Waals surface area (Å²) in [7, 11) is 0. The van der Waals surface area contributed by atoms with Gasteiger partial charge in [-0.2, -0.15) is 13.2 Å². The Hall–Kier alpha value is -2.40. The zero-order valence-electron chi connectivity index (χ0n) is 17.1. The largest absolute Gasteiger partial charge is 0.417 e. The third-order valence-electron chi connectivity index (χ3n) is 5.61. The molecule has 1 aromatic heterocycles. The van der Waals surface area contributed by atoms with Crippen molar-refractivity contribution in [2.45, 2.75) is 57.7 Å². The fourth-order valence-electron chi connectivity index (χ4n) is 4.18. The monoisotopic (exact) mass is 401 g/mol. The van der Waals surface area contributed by atoms with Gasteiger partial charge in [-0.05, 0) is 54.5 Å². The SMILES string of the molecule is Cc1ccc(C)c(C(C)(C)CC(O)(Cc2ccnc3ccccc23)C(F)(F)F)c1. The third kappa shape index (κ3) is 4.30. The molecule has 3 aromatic rings. The lowest BCUT2D eigenvalue weighted by Gasteiger charge is -2.39. The average molecular weight is 401 g/mol. The lowest BCUT2D eigenvalue weighted by atomic mass is 9.71. The van der Waals surface area contributed by atoms with Gasteiger partial charge < -0.3 is 5.11 Å². The first-order valence-corrected chi connectivity index (χ1v) is 9.62. The summed E-state index contributed by atoms with van der Waals surface area (Å²) in [6.45, 7) is 7.32. The number of aliphatic hydroxyl groups is 1. The Morgan fingerprint density at radius 3 is 2.34 bits per heavy atom. The predicted molar refractivity (Wildman–Crippen MR) is 110 cm³/mol. The first-order valence-electron chi connectivity index (χ1n) is 9.62. The second kappa shape index (κ2) is 7.45. The Morgan fingerprint density at radius 2 is 1.66 bits per heavy atom. The van der Waals surface area contributed by atoms with Crippen LogP contribution in [0.25, 0.3) is 10.9 Å².